The summed E-state index contributed by atoms with van der Waals surface area (Å²) in [5.41, 5.74) is 14.3. The quantitative estimate of drug-likeness (QED) is 0.182. The molecule has 0 atom stereocenters. The highest BCUT2D eigenvalue weighted by Gasteiger charge is 2.13. The maximum Gasteiger partial charge on any atom is 0.0200 e. The summed E-state index contributed by atoms with van der Waals surface area (Å²) in [6.45, 7) is 8.72. The molecular formula is C38H36S. The van der Waals surface area contributed by atoms with Crippen molar-refractivity contribution in [1.29, 1.82) is 0 Å². The molecule has 0 nitrogen and oxygen atoms in total. The molecule has 1 heteroatoms. The van der Waals surface area contributed by atoms with Gasteiger partial charge in [-0.25, -0.2) is 0 Å². The first kappa shape index (κ1) is 26.8. The van der Waals surface area contributed by atoms with E-state index in [2.05, 4.69) is 149 Å². The summed E-state index contributed by atoms with van der Waals surface area (Å²) >= 11 is 1.93. The van der Waals surface area contributed by atoms with Crippen molar-refractivity contribution in [3.8, 4) is 22.3 Å². The average molecular weight is 525 g/mol. The van der Waals surface area contributed by atoms with E-state index in [-0.39, 0.29) is 0 Å². The number of hydrogen-bond donors (Lipinski definition) is 0. The number of hydrogen-bond acceptors (Lipinski definition) is 1. The minimum absolute atomic E-state index is 0.967. The van der Waals surface area contributed by atoms with Crippen LogP contribution in [0.1, 0.15) is 41.2 Å². The van der Waals surface area contributed by atoms with Crippen LogP contribution < -0.4 is 0 Å². The topological polar surface area (TPSA) is 0 Å². The molecule has 5 aromatic carbocycles. The monoisotopic (exact) mass is 524 g/mol. The van der Waals surface area contributed by atoms with E-state index in [1.165, 1.54) is 66.1 Å². The molecule has 0 N–H and O–H groups in total. The van der Waals surface area contributed by atoms with Gasteiger partial charge in [0.2, 0.25) is 0 Å². The van der Waals surface area contributed by atoms with Crippen molar-refractivity contribution >= 4 is 17.3 Å². The van der Waals surface area contributed by atoms with Gasteiger partial charge in [-0.3, -0.25) is 0 Å². The third-order valence-electron chi connectivity index (χ3n) is 7.30. The zero-order chi connectivity index (χ0) is 27.2. The Hall–Kier alpha value is -3.81. The predicted octanol–water partition coefficient (Wildman–Crippen LogP) is 11.0. The summed E-state index contributed by atoms with van der Waals surface area (Å²) in [5.74, 6) is 0.967. The van der Waals surface area contributed by atoms with Crippen LogP contribution in [0.15, 0.2) is 132 Å². The van der Waals surface area contributed by atoms with Crippen LogP contribution in [0, 0.1) is 20.8 Å². The highest BCUT2D eigenvalue weighted by Crippen LogP contribution is 2.35. The Morgan fingerprint density at radius 2 is 0.949 bits per heavy atom. The van der Waals surface area contributed by atoms with Crippen molar-refractivity contribution in [3.63, 3.8) is 0 Å². The van der Waals surface area contributed by atoms with Crippen molar-refractivity contribution < 1.29 is 0 Å². The van der Waals surface area contributed by atoms with Gasteiger partial charge in [-0.15, -0.1) is 11.8 Å². The highest BCUT2D eigenvalue weighted by molar-refractivity contribution is 7.99. The van der Waals surface area contributed by atoms with E-state index in [9.17, 15) is 0 Å². The predicted molar refractivity (Wildman–Crippen MR) is 171 cm³/mol. The standard InChI is InChI=1S/C38H36S/c1-5-30(26-39-37-8-6-7-29(4)25-37)38(35-21-17-33(18-22-35)31-13-9-27(2)10-14-31)36-23-19-34(20-24-36)32-15-11-28(3)12-16-32/h6-25H,5,26H2,1-4H3. The Bertz CT molecular complexity index is 1460. The lowest BCUT2D eigenvalue weighted by atomic mass is 9.90. The molecule has 0 saturated heterocycles. The zero-order valence-corrected chi connectivity index (χ0v) is 24.2. The lowest BCUT2D eigenvalue weighted by Gasteiger charge is -2.17. The van der Waals surface area contributed by atoms with Gasteiger partial charge in [0, 0.05) is 10.6 Å². The first-order valence-corrected chi connectivity index (χ1v) is 14.7. The number of aryl methyl sites for hydroxylation is 3. The maximum absolute atomic E-state index is 2.30. The number of thioether (sulfide) groups is 1. The Kier molecular flexibility index (Phi) is 8.49. The summed E-state index contributed by atoms with van der Waals surface area (Å²) in [6, 6.07) is 44.6. The third-order valence-corrected chi connectivity index (χ3v) is 8.38. The smallest absolute Gasteiger partial charge is 0.0200 e. The maximum atomic E-state index is 2.30. The average Bonchev–Trinajstić information content (AvgIpc) is 2.96. The molecule has 0 amide bonds. The van der Waals surface area contributed by atoms with Gasteiger partial charge in [0.05, 0.1) is 0 Å². The van der Waals surface area contributed by atoms with E-state index in [0.717, 1.165) is 12.2 Å². The first-order chi connectivity index (χ1) is 19.0. The van der Waals surface area contributed by atoms with Crippen molar-refractivity contribution in [1.82, 2.24) is 0 Å². The number of rotatable bonds is 8. The molecule has 0 saturated carbocycles. The molecule has 0 aromatic heterocycles. The Labute approximate surface area is 238 Å². The fourth-order valence-electron chi connectivity index (χ4n) is 4.95. The summed E-state index contributed by atoms with van der Waals surface area (Å²) < 4.78 is 0. The lowest BCUT2D eigenvalue weighted by molar-refractivity contribution is 1.11. The van der Waals surface area contributed by atoms with E-state index in [4.69, 9.17) is 0 Å². The van der Waals surface area contributed by atoms with E-state index in [0.29, 0.717) is 0 Å². The zero-order valence-electron chi connectivity index (χ0n) is 23.4. The van der Waals surface area contributed by atoms with Crippen molar-refractivity contribution in [2.24, 2.45) is 0 Å². The molecular weight excluding hydrogens is 488 g/mol. The van der Waals surface area contributed by atoms with Gasteiger partial charge in [-0.2, -0.15) is 0 Å². The van der Waals surface area contributed by atoms with Crippen LogP contribution in [0.2, 0.25) is 0 Å². The molecule has 0 fully saturated rings. The lowest BCUT2D eigenvalue weighted by Crippen LogP contribution is -1.98. The van der Waals surface area contributed by atoms with Gasteiger partial charge < -0.3 is 0 Å². The molecule has 0 aliphatic heterocycles. The fourth-order valence-corrected chi connectivity index (χ4v) is 6.09. The van der Waals surface area contributed by atoms with Gasteiger partial charge in [-0.1, -0.05) is 138 Å². The molecule has 5 aromatic rings. The van der Waals surface area contributed by atoms with E-state index in [1.54, 1.807) is 0 Å². The largest absolute Gasteiger partial charge is 0.122 e. The molecule has 0 heterocycles. The summed E-state index contributed by atoms with van der Waals surface area (Å²) in [6.07, 6.45) is 1.01. The van der Waals surface area contributed by atoms with Crippen molar-refractivity contribution in [2.75, 3.05) is 5.75 Å². The van der Waals surface area contributed by atoms with Gasteiger partial charge in [-0.05, 0) is 78.3 Å². The second-order valence-electron chi connectivity index (χ2n) is 10.3. The van der Waals surface area contributed by atoms with Gasteiger partial charge in [0.15, 0.2) is 0 Å². The van der Waals surface area contributed by atoms with Gasteiger partial charge >= 0.3 is 0 Å². The SMILES string of the molecule is CCC(CSc1cccc(C)c1)=C(c1ccc(-c2ccc(C)cc2)cc1)c1ccc(-c2ccc(C)cc2)cc1. The second-order valence-corrected chi connectivity index (χ2v) is 11.4. The normalized spacial score (nSPS) is 10.9. The van der Waals surface area contributed by atoms with Crippen LogP contribution in [0.5, 0.6) is 0 Å². The van der Waals surface area contributed by atoms with Crippen molar-refractivity contribution in [3.05, 3.63) is 155 Å². The van der Waals surface area contributed by atoms with Crippen LogP contribution in [0.25, 0.3) is 27.8 Å². The summed E-state index contributed by atoms with van der Waals surface area (Å²) in [4.78, 5) is 1.32. The summed E-state index contributed by atoms with van der Waals surface area (Å²) in [7, 11) is 0. The molecule has 5 rings (SSSR count). The molecule has 0 aliphatic rings. The van der Waals surface area contributed by atoms with Crippen LogP contribution in [0.4, 0.5) is 0 Å². The Balaban J connectivity index is 1.52. The third kappa shape index (κ3) is 6.61. The molecule has 0 aliphatic carbocycles. The minimum Gasteiger partial charge on any atom is -0.122 e. The van der Waals surface area contributed by atoms with Crippen LogP contribution in [-0.4, -0.2) is 5.75 Å². The molecule has 39 heavy (non-hydrogen) atoms. The Morgan fingerprint density at radius 1 is 0.513 bits per heavy atom. The summed E-state index contributed by atoms with van der Waals surface area (Å²) in [5, 5.41) is 0. The van der Waals surface area contributed by atoms with Crippen LogP contribution >= 0.6 is 11.8 Å². The van der Waals surface area contributed by atoms with Crippen molar-refractivity contribution in [2.45, 2.75) is 39.0 Å². The van der Waals surface area contributed by atoms with Crippen LogP contribution in [0.3, 0.4) is 0 Å². The molecule has 194 valence electrons. The molecule has 0 spiro atoms. The van der Waals surface area contributed by atoms with E-state index in [1.807, 2.05) is 11.8 Å². The highest BCUT2D eigenvalue weighted by atomic mass is 32.2. The van der Waals surface area contributed by atoms with E-state index < -0.39 is 0 Å². The molecule has 0 radical (unpaired) electrons. The molecule has 0 unspecified atom stereocenters. The fraction of sp³-hybridized carbons (Fsp3) is 0.158. The molecule has 0 bridgehead atoms. The van der Waals surface area contributed by atoms with E-state index >= 15 is 0 Å². The van der Waals surface area contributed by atoms with Crippen LogP contribution in [-0.2, 0) is 0 Å². The minimum atomic E-state index is 0.967. The second kappa shape index (κ2) is 12.4. The van der Waals surface area contributed by atoms with Gasteiger partial charge in [0.1, 0.15) is 0 Å². The first-order valence-electron chi connectivity index (χ1n) is 13.8. The Morgan fingerprint density at radius 3 is 1.36 bits per heavy atom. The van der Waals surface area contributed by atoms with Gasteiger partial charge in [0.25, 0.3) is 0 Å². The number of benzene rings is 5.